The number of hydrogen-bond acceptors (Lipinski definition) is 2. The number of carbonyl (C=O) groups is 1. The highest BCUT2D eigenvalue weighted by Gasteiger charge is 2.14. The van der Waals surface area contributed by atoms with Crippen molar-refractivity contribution in [3.8, 4) is 11.1 Å². The molecular formula is C15H18FN3O. The summed E-state index contributed by atoms with van der Waals surface area (Å²) in [7, 11) is 1.84. The molecule has 1 aromatic carbocycles. The van der Waals surface area contributed by atoms with Crippen LogP contribution in [-0.4, -0.2) is 30.5 Å². The number of H-pyrrole nitrogens is 1. The van der Waals surface area contributed by atoms with Crippen molar-refractivity contribution in [1.29, 1.82) is 0 Å². The second-order valence-electron chi connectivity index (χ2n) is 4.69. The highest BCUT2D eigenvalue weighted by atomic mass is 19.1. The molecule has 1 atom stereocenters. The van der Waals surface area contributed by atoms with Gasteiger partial charge in [-0.15, -0.1) is 0 Å². The first-order valence-electron chi connectivity index (χ1n) is 6.50. The van der Waals surface area contributed by atoms with Gasteiger partial charge in [-0.25, -0.2) is 4.39 Å². The maximum Gasteiger partial charge on any atom is 0.253 e. The number of hydrogen-bond donors (Lipinski definition) is 3. The summed E-state index contributed by atoms with van der Waals surface area (Å²) < 4.78 is 12.9. The van der Waals surface area contributed by atoms with E-state index >= 15 is 0 Å². The van der Waals surface area contributed by atoms with Gasteiger partial charge in [0, 0.05) is 30.5 Å². The number of likely N-dealkylation sites (N-methyl/N-ethyl adjacent to an activating group) is 1. The minimum atomic E-state index is -0.293. The molecule has 0 aliphatic carbocycles. The van der Waals surface area contributed by atoms with Crippen LogP contribution in [-0.2, 0) is 0 Å². The van der Waals surface area contributed by atoms with Gasteiger partial charge >= 0.3 is 0 Å². The van der Waals surface area contributed by atoms with Gasteiger partial charge in [0.25, 0.3) is 5.91 Å². The summed E-state index contributed by atoms with van der Waals surface area (Å²) in [4.78, 5) is 15.1. The minimum absolute atomic E-state index is 0.146. The molecule has 0 bridgehead atoms. The summed E-state index contributed by atoms with van der Waals surface area (Å²) >= 11 is 0. The number of carbonyl (C=O) groups excluding carboxylic acids is 1. The fourth-order valence-electron chi connectivity index (χ4n) is 1.86. The van der Waals surface area contributed by atoms with Crippen LogP contribution in [0, 0.1) is 5.82 Å². The van der Waals surface area contributed by atoms with Crippen molar-refractivity contribution in [1.82, 2.24) is 15.6 Å². The zero-order valence-electron chi connectivity index (χ0n) is 11.5. The third-order valence-electron chi connectivity index (χ3n) is 3.21. The van der Waals surface area contributed by atoms with E-state index in [-0.39, 0.29) is 17.8 Å². The van der Waals surface area contributed by atoms with E-state index in [9.17, 15) is 9.18 Å². The van der Waals surface area contributed by atoms with Crippen LogP contribution in [0.1, 0.15) is 17.3 Å². The predicted molar refractivity (Wildman–Crippen MR) is 77.0 cm³/mol. The van der Waals surface area contributed by atoms with Gasteiger partial charge in [0.2, 0.25) is 0 Å². The predicted octanol–water partition coefficient (Wildman–Crippen LogP) is 2.16. The van der Waals surface area contributed by atoms with Crippen LogP contribution in [0.3, 0.4) is 0 Å². The summed E-state index contributed by atoms with van der Waals surface area (Å²) in [5.41, 5.74) is 2.12. The zero-order valence-corrected chi connectivity index (χ0v) is 11.5. The Morgan fingerprint density at radius 3 is 2.65 bits per heavy atom. The molecule has 3 N–H and O–H groups in total. The molecule has 5 heteroatoms. The molecule has 20 heavy (non-hydrogen) atoms. The van der Waals surface area contributed by atoms with Gasteiger partial charge < -0.3 is 15.6 Å². The number of nitrogens with one attached hydrogen (secondary N) is 3. The molecule has 1 aromatic heterocycles. The molecule has 0 spiro atoms. The first-order chi connectivity index (χ1) is 9.61. The molecule has 0 fully saturated rings. The van der Waals surface area contributed by atoms with E-state index in [0.717, 1.165) is 11.1 Å². The number of aromatic nitrogens is 1. The average molecular weight is 275 g/mol. The van der Waals surface area contributed by atoms with Gasteiger partial charge in [0.05, 0.1) is 5.56 Å². The second kappa shape index (κ2) is 6.34. The molecule has 4 nitrogen and oxygen atoms in total. The van der Waals surface area contributed by atoms with Crippen LogP contribution in [0.25, 0.3) is 11.1 Å². The van der Waals surface area contributed by atoms with Gasteiger partial charge in [-0.1, -0.05) is 12.1 Å². The molecular weight excluding hydrogens is 257 g/mol. The molecule has 1 heterocycles. The van der Waals surface area contributed by atoms with Crippen molar-refractivity contribution in [3.05, 3.63) is 48.0 Å². The zero-order chi connectivity index (χ0) is 14.5. The molecule has 1 amide bonds. The van der Waals surface area contributed by atoms with Crippen LogP contribution in [0.5, 0.6) is 0 Å². The van der Waals surface area contributed by atoms with Crippen molar-refractivity contribution < 1.29 is 9.18 Å². The monoisotopic (exact) mass is 275 g/mol. The van der Waals surface area contributed by atoms with Gasteiger partial charge in [0.15, 0.2) is 0 Å². The van der Waals surface area contributed by atoms with Crippen molar-refractivity contribution in [3.63, 3.8) is 0 Å². The lowest BCUT2D eigenvalue weighted by molar-refractivity contribution is 0.0951. The fraction of sp³-hybridized carbons (Fsp3) is 0.267. The highest BCUT2D eigenvalue weighted by Crippen LogP contribution is 2.23. The van der Waals surface area contributed by atoms with E-state index in [2.05, 4.69) is 15.6 Å². The second-order valence-corrected chi connectivity index (χ2v) is 4.69. The topological polar surface area (TPSA) is 56.9 Å². The van der Waals surface area contributed by atoms with E-state index in [1.54, 1.807) is 24.5 Å². The Kier molecular flexibility index (Phi) is 4.53. The van der Waals surface area contributed by atoms with Gasteiger partial charge in [-0.05, 0) is 31.7 Å². The lowest BCUT2D eigenvalue weighted by atomic mass is 10.0. The molecule has 2 aromatic rings. The number of halogens is 1. The molecule has 0 aliphatic heterocycles. The molecule has 106 valence electrons. The Morgan fingerprint density at radius 2 is 2.00 bits per heavy atom. The maximum absolute atomic E-state index is 12.9. The summed E-state index contributed by atoms with van der Waals surface area (Å²) in [6.07, 6.45) is 3.39. The average Bonchev–Trinajstić information content (AvgIpc) is 2.94. The molecule has 0 aliphatic rings. The van der Waals surface area contributed by atoms with E-state index in [1.165, 1.54) is 12.1 Å². The largest absolute Gasteiger partial charge is 0.366 e. The summed E-state index contributed by atoms with van der Waals surface area (Å²) in [5, 5.41) is 5.92. The van der Waals surface area contributed by atoms with E-state index in [1.807, 2.05) is 14.0 Å². The summed E-state index contributed by atoms with van der Waals surface area (Å²) in [6, 6.07) is 6.28. The third-order valence-corrected chi connectivity index (χ3v) is 3.21. The standard InChI is InChI=1S/C15H18FN3O/c1-10(17-2)7-19-15(20)14-9-18-8-13(14)11-3-5-12(16)6-4-11/h3-6,8-10,17-18H,7H2,1-2H3,(H,19,20). The first-order valence-corrected chi connectivity index (χ1v) is 6.50. The van der Waals surface area contributed by atoms with Crippen molar-refractivity contribution >= 4 is 5.91 Å². The Morgan fingerprint density at radius 1 is 1.30 bits per heavy atom. The van der Waals surface area contributed by atoms with Crippen LogP contribution >= 0.6 is 0 Å². The maximum atomic E-state index is 12.9. The van der Waals surface area contributed by atoms with E-state index in [4.69, 9.17) is 0 Å². The van der Waals surface area contributed by atoms with Crippen molar-refractivity contribution in [2.24, 2.45) is 0 Å². The van der Waals surface area contributed by atoms with Crippen LogP contribution in [0.2, 0.25) is 0 Å². The van der Waals surface area contributed by atoms with Gasteiger partial charge in [-0.3, -0.25) is 4.79 Å². The first kappa shape index (κ1) is 14.3. The van der Waals surface area contributed by atoms with E-state index in [0.29, 0.717) is 12.1 Å². The molecule has 0 saturated heterocycles. The third kappa shape index (κ3) is 3.24. The van der Waals surface area contributed by atoms with Crippen LogP contribution < -0.4 is 10.6 Å². The summed E-state index contributed by atoms with van der Waals surface area (Å²) in [5.74, 6) is -0.439. The molecule has 1 unspecified atom stereocenters. The van der Waals surface area contributed by atoms with E-state index < -0.39 is 0 Å². The number of aromatic amines is 1. The molecule has 0 radical (unpaired) electrons. The highest BCUT2D eigenvalue weighted by molar-refractivity contribution is 6.00. The molecule has 2 rings (SSSR count). The normalized spacial score (nSPS) is 12.2. The summed E-state index contributed by atoms with van der Waals surface area (Å²) in [6.45, 7) is 2.53. The lowest BCUT2D eigenvalue weighted by Gasteiger charge is -2.11. The molecule has 0 saturated carbocycles. The van der Waals surface area contributed by atoms with Crippen LogP contribution in [0.4, 0.5) is 4.39 Å². The smallest absolute Gasteiger partial charge is 0.253 e. The Labute approximate surface area is 117 Å². The number of benzene rings is 1. The lowest BCUT2D eigenvalue weighted by Crippen LogP contribution is -2.37. The quantitative estimate of drug-likeness (QED) is 0.783. The number of amides is 1. The van der Waals surface area contributed by atoms with Crippen molar-refractivity contribution in [2.75, 3.05) is 13.6 Å². The Balaban J connectivity index is 2.16. The van der Waals surface area contributed by atoms with Gasteiger partial charge in [-0.2, -0.15) is 0 Å². The van der Waals surface area contributed by atoms with Crippen molar-refractivity contribution in [2.45, 2.75) is 13.0 Å². The van der Waals surface area contributed by atoms with Gasteiger partial charge in [0.1, 0.15) is 5.82 Å². The minimum Gasteiger partial charge on any atom is -0.366 e. The fourth-order valence-corrected chi connectivity index (χ4v) is 1.86. The Hall–Kier alpha value is -2.14. The number of rotatable bonds is 5. The SMILES string of the molecule is CNC(C)CNC(=O)c1c[nH]cc1-c1ccc(F)cc1. The Bertz CT molecular complexity index is 577. The van der Waals surface area contributed by atoms with Crippen LogP contribution in [0.15, 0.2) is 36.7 Å².